The average Bonchev–Trinajstić information content (AvgIpc) is 2.93. The van der Waals surface area contributed by atoms with Crippen molar-refractivity contribution in [1.29, 1.82) is 5.26 Å². The summed E-state index contributed by atoms with van der Waals surface area (Å²) < 4.78 is 16.0. The minimum absolute atomic E-state index is 0.153. The van der Waals surface area contributed by atoms with E-state index in [4.69, 9.17) is 21.1 Å². The van der Waals surface area contributed by atoms with Crippen LogP contribution in [0.1, 0.15) is 28.4 Å². The molecule has 3 aromatic carbocycles. The third-order valence-electron chi connectivity index (χ3n) is 5.32. The predicted molar refractivity (Wildman–Crippen MR) is 148 cm³/mol. The molecule has 200 valence electrons. The first kappa shape index (κ1) is 28.8. The molecule has 0 aliphatic carbocycles. The summed E-state index contributed by atoms with van der Waals surface area (Å²) in [5.41, 5.74) is 2.53. The molecule has 0 saturated carbocycles. The molecule has 2 N–H and O–H groups in total. The molecular formula is C29H26ClN3O6. The summed E-state index contributed by atoms with van der Waals surface area (Å²) in [5.74, 6) is -0.855. The van der Waals surface area contributed by atoms with Crippen molar-refractivity contribution in [2.24, 2.45) is 0 Å². The van der Waals surface area contributed by atoms with Gasteiger partial charge in [-0.05, 0) is 79.6 Å². The smallest absolute Gasteiger partial charge is 0.337 e. The molecule has 0 bridgehead atoms. The van der Waals surface area contributed by atoms with Crippen molar-refractivity contribution in [2.75, 3.05) is 31.0 Å². The Morgan fingerprint density at radius 1 is 0.949 bits per heavy atom. The van der Waals surface area contributed by atoms with Crippen LogP contribution in [-0.2, 0) is 14.3 Å². The largest absolute Gasteiger partial charge is 0.490 e. The number of amides is 2. The number of aryl methyl sites for hydroxylation is 1. The summed E-state index contributed by atoms with van der Waals surface area (Å²) in [6.45, 7) is 3.70. The summed E-state index contributed by atoms with van der Waals surface area (Å²) in [5, 5.41) is 15.4. The fraction of sp³-hybridized carbons (Fsp3) is 0.172. The summed E-state index contributed by atoms with van der Waals surface area (Å²) in [7, 11) is 1.28. The highest BCUT2D eigenvalue weighted by molar-refractivity contribution is 6.31. The molecule has 10 heteroatoms. The van der Waals surface area contributed by atoms with Gasteiger partial charge in [0.25, 0.3) is 11.8 Å². The number of ether oxygens (including phenoxy) is 3. The van der Waals surface area contributed by atoms with Crippen molar-refractivity contribution in [2.45, 2.75) is 13.8 Å². The molecule has 3 aromatic rings. The van der Waals surface area contributed by atoms with E-state index in [9.17, 15) is 19.6 Å². The Bertz CT molecular complexity index is 1440. The standard InChI is InChI=1S/C29H26ClN3O6/c1-4-38-26-14-19(6-12-25(26)39-17-27(34)32-23-9-5-18(2)24(30)15-23)13-21(16-31)28(35)33-22-10-7-20(8-11-22)29(36)37-3/h5-15H,4,17H2,1-3H3,(H,32,34)(H,33,35)/b21-13-. The van der Waals surface area contributed by atoms with Crippen LogP contribution in [0.25, 0.3) is 6.08 Å². The second-order valence-corrected chi connectivity index (χ2v) is 8.54. The number of esters is 1. The molecule has 0 unspecified atom stereocenters. The zero-order chi connectivity index (χ0) is 28.4. The van der Waals surface area contributed by atoms with E-state index in [1.807, 2.05) is 13.0 Å². The van der Waals surface area contributed by atoms with E-state index in [-0.39, 0.29) is 18.1 Å². The Balaban J connectivity index is 1.69. The maximum absolute atomic E-state index is 12.7. The Kier molecular flexibility index (Phi) is 10.1. The number of hydrogen-bond donors (Lipinski definition) is 2. The van der Waals surface area contributed by atoms with E-state index >= 15 is 0 Å². The summed E-state index contributed by atoms with van der Waals surface area (Å²) >= 11 is 6.10. The van der Waals surface area contributed by atoms with Crippen LogP contribution in [0.4, 0.5) is 11.4 Å². The molecule has 0 atom stereocenters. The molecule has 0 saturated heterocycles. The predicted octanol–water partition coefficient (Wildman–Crippen LogP) is 5.40. The number of carbonyl (C=O) groups is 3. The van der Waals surface area contributed by atoms with Crippen LogP contribution in [0.15, 0.2) is 66.2 Å². The lowest BCUT2D eigenvalue weighted by Crippen LogP contribution is -2.20. The van der Waals surface area contributed by atoms with Gasteiger partial charge in [0.05, 0.1) is 19.3 Å². The van der Waals surface area contributed by atoms with Crippen molar-refractivity contribution in [3.8, 4) is 17.6 Å². The van der Waals surface area contributed by atoms with E-state index in [1.165, 1.54) is 37.5 Å². The molecule has 0 spiro atoms. The van der Waals surface area contributed by atoms with E-state index in [0.29, 0.717) is 45.6 Å². The monoisotopic (exact) mass is 547 g/mol. The summed E-state index contributed by atoms with van der Waals surface area (Å²) in [6.07, 6.45) is 1.40. The van der Waals surface area contributed by atoms with Crippen LogP contribution in [-0.4, -0.2) is 38.1 Å². The van der Waals surface area contributed by atoms with Crippen molar-refractivity contribution in [3.63, 3.8) is 0 Å². The average molecular weight is 548 g/mol. The third kappa shape index (κ3) is 8.09. The summed E-state index contributed by atoms with van der Waals surface area (Å²) in [6, 6.07) is 18.0. The maximum Gasteiger partial charge on any atom is 0.337 e. The van der Waals surface area contributed by atoms with E-state index in [1.54, 1.807) is 43.3 Å². The van der Waals surface area contributed by atoms with Crippen LogP contribution >= 0.6 is 11.6 Å². The van der Waals surface area contributed by atoms with Crippen LogP contribution in [0.5, 0.6) is 11.5 Å². The van der Waals surface area contributed by atoms with Crippen LogP contribution in [0.3, 0.4) is 0 Å². The lowest BCUT2D eigenvalue weighted by molar-refractivity contribution is -0.118. The van der Waals surface area contributed by atoms with Gasteiger partial charge in [0.15, 0.2) is 18.1 Å². The highest BCUT2D eigenvalue weighted by Crippen LogP contribution is 2.30. The van der Waals surface area contributed by atoms with Crippen LogP contribution < -0.4 is 20.1 Å². The minimum atomic E-state index is -0.630. The van der Waals surface area contributed by atoms with Crippen molar-refractivity contribution in [3.05, 3.63) is 87.9 Å². The minimum Gasteiger partial charge on any atom is -0.490 e. The Hall–Kier alpha value is -4.81. The van der Waals surface area contributed by atoms with Gasteiger partial charge in [0, 0.05) is 16.4 Å². The third-order valence-corrected chi connectivity index (χ3v) is 5.73. The molecule has 39 heavy (non-hydrogen) atoms. The van der Waals surface area contributed by atoms with E-state index in [2.05, 4.69) is 15.4 Å². The number of benzene rings is 3. The number of nitrogens with zero attached hydrogens (tertiary/aromatic N) is 1. The van der Waals surface area contributed by atoms with Gasteiger partial charge in [0.2, 0.25) is 0 Å². The number of methoxy groups -OCH3 is 1. The van der Waals surface area contributed by atoms with Gasteiger partial charge in [-0.3, -0.25) is 9.59 Å². The molecule has 3 rings (SSSR count). The highest BCUT2D eigenvalue weighted by Gasteiger charge is 2.13. The Morgan fingerprint density at radius 2 is 1.67 bits per heavy atom. The summed E-state index contributed by atoms with van der Waals surface area (Å²) in [4.78, 5) is 36.6. The fourth-order valence-electron chi connectivity index (χ4n) is 3.33. The van der Waals surface area contributed by atoms with E-state index in [0.717, 1.165) is 5.56 Å². The first-order valence-electron chi connectivity index (χ1n) is 11.8. The molecule has 2 amide bonds. The Labute approximate surface area is 230 Å². The number of nitrogens with one attached hydrogen (secondary N) is 2. The number of nitriles is 1. The van der Waals surface area contributed by atoms with Gasteiger partial charge in [-0.15, -0.1) is 0 Å². The van der Waals surface area contributed by atoms with Gasteiger partial charge in [-0.1, -0.05) is 23.7 Å². The lowest BCUT2D eigenvalue weighted by Gasteiger charge is -2.13. The van der Waals surface area contributed by atoms with Gasteiger partial charge >= 0.3 is 5.97 Å². The zero-order valence-corrected chi connectivity index (χ0v) is 22.3. The topological polar surface area (TPSA) is 127 Å². The zero-order valence-electron chi connectivity index (χ0n) is 21.5. The molecule has 0 heterocycles. The van der Waals surface area contributed by atoms with Gasteiger partial charge in [-0.2, -0.15) is 5.26 Å². The molecule has 9 nitrogen and oxygen atoms in total. The fourth-order valence-corrected chi connectivity index (χ4v) is 3.51. The van der Waals surface area contributed by atoms with E-state index < -0.39 is 11.9 Å². The first-order chi connectivity index (χ1) is 18.7. The SMILES string of the molecule is CCOc1cc(/C=C(/C#N)C(=O)Nc2ccc(C(=O)OC)cc2)ccc1OCC(=O)Nc1ccc(C)c(Cl)c1. The molecule has 0 aliphatic rings. The second-order valence-electron chi connectivity index (χ2n) is 8.13. The number of anilines is 2. The number of carbonyl (C=O) groups excluding carboxylic acids is 3. The number of hydrogen-bond acceptors (Lipinski definition) is 7. The van der Waals surface area contributed by atoms with Gasteiger partial charge in [0.1, 0.15) is 11.6 Å². The van der Waals surface area contributed by atoms with Gasteiger partial charge in [-0.25, -0.2) is 4.79 Å². The van der Waals surface area contributed by atoms with Crippen LogP contribution in [0.2, 0.25) is 5.02 Å². The highest BCUT2D eigenvalue weighted by atomic mass is 35.5. The lowest BCUT2D eigenvalue weighted by atomic mass is 10.1. The quantitative estimate of drug-likeness (QED) is 0.198. The van der Waals surface area contributed by atoms with Gasteiger partial charge < -0.3 is 24.8 Å². The Morgan fingerprint density at radius 3 is 2.31 bits per heavy atom. The molecule has 0 aromatic heterocycles. The van der Waals surface area contributed by atoms with Crippen LogP contribution in [0, 0.1) is 18.3 Å². The van der Waals surface area contributed by atoms with Crippen molar-refractivity contribution in [1.82, 2.24) is 0 Å². The number of halogens is 1. The molecule has 0 fully saturated rings. The molecule has 0 radical (unpaired) electrons. The first-order valence-corrected chi connectivity index (χ1v) is 12.2. The number of rotatable bonds is 10. The molecule has 0 aliphatic heterocycles. The molecular weight excluding hydrogens is 522 g/mol. The van der Waals surface area contributed by atoms with Crippen molar-refractivity contribution < 1.29 is 28.6 Å². The van der Waals surface area contributed by atoms with Crippen molar-refractivity contribution >= 4 is 46.8 Å². The second kappa shape index (κ2) is 13.7. The maximum atomic E-state index is 12.7. The normalized spacial score (nSPS) is 10.7.